The molecule has 1 heteroatoms. The summed E-state index contributed by atoms with van der Waals surface area (Å²) in [7, 11) is 0. The van der Waals surface area contributed by atoms with Crippen molar-refractivity contribution in [2.24, 2.45) is 5.41 Å². The van der Waals surface area contributed by atoms with E-state index in [1.54, 1.807) is 0 Å². The van der Waals surface area contributed by atoms with Crippen LogP contribution in [0.3, 0.4) is 0 Å². The van der Waals surface area contributed by atoms with Crippen LogP contribution in [0.15, 0.2) is 0 Å². The van der Waals surface area contributed by atoms with Crippen molar-refractivity contribution in [2.45, 2.75) is 111 Å². The van der Waals surface area contributed by atoms with E-state index < -0.39 is 0 Å². The van der Waals surface area contributed by atoms with Crippen molar-refractivity contribution in [3.05, 3.63) is 0 Å². The van der Waals surface area contributed by atoms with Crippen LogP contribution in [0.5, 0.6) is 0 Å². The van der Waals surface area contributed by atoms with E-state index in [4.69, 9.17) is 0 Å². The first-order valence-corrected chi connectivity index (χ1v) is 9.14. The second kappa shape index (κ2) is 10.7. The summed E-state index contributed by atoms with van der Waals surface area (Å²) in [5.74, 6) is 0. The summed E-state index contributed by atoms with van der Waals surface area (Å²) in [6.07, 6.45) is 14.0. The van der Waals surface area contributed by atoms with Crippen molar-refractivity contribution < 1.29 is 0 Å². The topological polar surface area (TPSA) is 12.0 Å². The van der Waals surface area contributed by atoms with Gasteiger partial charge in [-0.3, -0.25) is 0 Å². The Morgan fingerprint density at radius 3 is 1.65 bits per heavy atom. The summed E-state index contributed by atoms with van der Waals surface area (Å²) in [5.41, 5.74) is 0.770. The van der Waals surface area contributed by atoms with E-state index in [-0.39, 0.29) is 5.54 Å². The highest BCUT2D eigenvalue weighted by Gasteiger charge is 2.26. The number of nitrogens with one attached hydrogen (secondary N) is 1. The predicted octanol–water partition coefficient (Wildman–Crippen LogP) is 6.32. The molecule has 0 bridgehead atoms. The molecule has 0 unspecified atom stereocenters. The summed E-state index contributed by atoms with van der Waals surface area (Å²) in [6, 6.07) is 0. The molecule has 0 aromatic carbocycles. The molecule has 0 saturated heterocycles. The highest BCUT2D eigenvalue weighted by Crippen LogP contribution is 2.32. The van der Waals surface area contributed by atoms with E-state index in [0.717, 1.165) is 0 Å². The zero-order chi connectivity index (χ0) is 15.5. The fourth-order valence-corrected chi connectivity index (χ4v) is 2.85. The van der Waals surface area contributed by atoms with Crippen LogP contribution in [0.1, 0.15) is 106 Å². The van der Waals surface area contributed by atoms with Crippen molar-refractivity contribution in [3.8, 4) is 0 Å². The van der Waals surface area contributed by atoms with Gasteiger partial charge in [0.2, 0.25) is 0 Å². The molecule has 0 aromatic rings. The average Bonchev–Trinajstić information content (AvgIpc) is 2.41. The predicted molar refractivity (Wildman–Crippen MR) is 93.4 cm³/mol. The molecule has 0 aliphatic heterocycles. The van der Waals surface area contributed by atoms with Crippen LogP contribution in [-0.2, 0) is 0 Å². The first-order chi connectivity index (χ1) is 9.39. The zero-order valence-electron chi connectivity index (χ0n) is 15.3. The molecule has 0 spiro atoms. The van der Waals surface area contributed by atoms with Crippen LogP contribution >= 0.6 is 0 Å². The minimum absolute atomic E-state index is 0.246. The number of rotatable bonds is 12. The Morgan fingerprint density at radius 1 is 0.700 bits per heavy atom. The molecule has 0 atom stereocenters. The monoisotopic (exact) mass is 283 g/mol. The molecule has 122 valence electrons. The molecule has 0 amide bonds. The molecule has 0 saturated carbocycles. The third-order valence-electron chi connectivity index (χ3n) is 4.80. The van der Waals surface area contributed by atoms with E-state index >= 15 is 0 Å². The number of unbranched alkanes of at least 4 members (excludes halogenated alkanes) is 6. The average molecular weight is 284 g/mol. The standard InChI is InChI=1S/C19H41N/c1-7-10-11-12-13-14-15-16-19(8-2,9-3)17-20-18(4,5)6/h20H,7-17H2,1-6H3. The first-order valence-electron chi connectivity index (χ1n) is 9.14. The van der Waals surface area contributed by atoms with Crippen molar-refractivity contribution in [1.29, 1.82) is 0 Å². The van der Waals surface area contributed by atoms with E-state index in [2.05, 4.69) is 46.9 Å². The van der Waals surface area contributed by atoms with Crippen LogP contribution in [-0.4, -0.2) is 12.1 Å². The first kappa shape index (κ1) is 20.0. The quantitative estimate of drug-likeness (QED) is 0.413. The smallest absolute Gasteiger partial charge is 0.00967 e. The van der Waals surface area contributed by atoms with Gasteiger partial charge in [-0.25, -0.2) is 0 Å². The normalized spacial score (nSPS) is 12.9. The molecule has 0 aliphatic rings. The summed E-state index contributed by atoms with van der Waals surface area (Å²) in [6.45, 7) is 15.0. The number of hydrogen-bond acceptors (Lipinski definition) is 1. The highest BCUT2D eigenvalue weighted by molar-refractivity contribution is 4.83. The lowest BCUT2D eigenvalue weighted by Gasteiger charge is -2.35. The number of hydrogen-bond donors (Lipinski definition) is 1. The van der Waals surface area contributed by atoms with Crippen LogP contribution in [0.2, 0.25) is 0 Å². The summed E-state index contributed by atoms with van der Waals surface area (Å²) < 4.78 is 0. The van der Waals surface area contributed by atoms with Gasteiger partial charge in [0.05, 0.1) is 0 Å². The van der Waals surface area contributed by atoms with Gasteiger partial charge in [-0.2, -0.15) is 0 Å². The fourth-order valence-electron chi connectivity index (χ4n) is 2.85. The molecule has 1 nitrogen and oxygen atoms in total. The van der Waals surface area contributed by atoms with Gasteiger partial charge in [0.1, 0.15) is 0 Å². The van der Waals surface area contributed by atoms with Crippen molar-refractivity contribution in [3.63, 3.8) is 0 Å². The van der Waals surface area contributed by atoms with Gasteiger partial charge in [0, 0.05) is 12.1 Å². The van der Waals surface area contributed by atoms with Gasteiger partial charge in [-0.15, -0.1) is 0 Å². The maximum Gasteiger partial charge on any atom is 0.00967 e. The van der Waals surface area contributed by atoms with Crippen molar-refractivity contribution in [1.82, 2.24) is 5.32 Å². The van der Waals surface area contributed by atoms with Gasteiger partial charge >= 0.3 is 0 Å². The SMILES string of the molecule is CCCCCCCCCC(CC)(CC)CNC(C)(C)C. The highest BCUT2D eigenvalue weighted by atomic mass is 15.0. The Bertz CT molecular complexity index is 210. The van der Waals surface area contributed by atoms with Crippen molar-refractivity contribution in [2.75, 3.05) is 6.54 Å². The Hall–Kier alpha value is -0.0400. The van der Waals surface area contributed by atoms with E-state index in [1.807, 2.05) is 0 Å². The third-order valence-corrected chi connectivity index (χ3v) is 4.80. The minimum atomic E-state index is 0.246. The van der Waals surface area contributed by atoms with Crippen molar-refractivity contribution >= 4 is 0 Å². The van der Waals surface area contributed by atoms with Crippen LogP contribution < -0.4 is 5.32 Å². The summed E-state index contributed by atoms with van der Waals surface area (Å²) in [4.78, 5) is 0. The molecule has 0 fully saturated rings. The lowest BCUT2D eigenvalue weighted by Crippen LogP contribution is -2.43. The van der Waals surface area contributed by atoms with E-state index in [0.29, 0.717) is 5.41 Å². The second-order valence-electron chi connectivity index (χ2n) is 7.68. The van der Waals surface area contributed by atoms with E-state index in [1.165, 1.54) is 70.8 Å². The van der Waals surface area contributed by atoms with Crippen LogP contribution in [0.25, 0.3) is 0 Å². The summed E-state index contributed by atoms with van der Waals surface area (Å²) >= 11 is 0. The Labute approximate surface area is 129 Å². The third kappa shape index (κ3) is 9.80. The Kier molecular flexibility index (Phi) is 10.6. The zero-order valence-corrected chi connectivity index (χ0v) is 15.3. The molecule has 0 radical (unpaired) electrons. The lowest BCUT2D eigenvalue weighted by molar-refractivity contribution is 0.198. The van der Waals surface area contributed by atoms with Gasteiger partial charge in [0.15, 0.2) is 0 Å². The minimum Gasteiger partial charge on any atom is -0.312 e. The maximum atomic E-state index is 3.73. The Morgan fingerprint density at radius 2 is 1.20 bits per heavy atom. The fraction of sp³-hybridized carbons (Fsp3) is 1.00. The Balaban J connectivity index is 3.94. The molecule has 0 aliphatic carbocycles. The second-order valence-corrected chi connectivity index (χ2v) is 7.68. The molecule has 20 heavy (non-hydrogen) atoms. The molecular weight excluding hydrogens is 242 g/mol. The lowest BCUT2D eigenvalue weighted by atomic mass is 9.77. The van der Waals surface area contributed by atoms with Gasteiger partial charge in [-0.1, -0.05) is 65.7 Å². The molecule has 0 aromatic heterocycles. The van der Waals surface area contributed by atoms with Gasteiger partial charge < -0.3 is 5.32 Å². The summed E-state index contributed by atoms with van der Waals surface area (Å²) in [5, 5.41) is 3.73. The van der Waals surface area contributed by atoms with Gasteiger partial charge in [-0.05, 0) is 45.4 Å². The van der Waals surface area contributed by atoms with E-state index in [9.17, 15) is 0 Å². The molecule has 0 rings (SSSR count). The molecule has 1 N–H and O–H groups in total. The van der Waals surface area contributed by atoms with Crippen LogP contribution in [0.4, 0.5) is 0 Å². The largest absolute Gasteiger partial charge is 0.312 e. The van der Waals surface area contributed by atoms with Gasteiger partial charge in [0.25, 0.3) is 0 Å². The molecular formula is C19H41N. The maximum absolute atomic E-state index is 3.73. The molecule has 0 heterocycles. The van der Waals surface area contributed by atoms with Crippen LogP contribution in [0, 0.1) is 5.41 Å².